The lowest BCUT2D eigenvalue weighted by Gasteiger charge is -2.27. The molecule has 0 aliphatic rings. The summed E-state index contributed by atoms with van der Waals surface area (Å²) in [6, 6.07) is 5.92. The molecule has 0 unspecified atom stereocenters. The number of carboxylic acids is 1. The van der Waals surface area contributed by atoms with Gasteiger partial charge >= 0.3 is 11.9 Å². The Morgan fingerprint density at radius 1 is 1.39 bits per heavy atom. The van der Waals surface area contributed by atoms with Crippen LogP contribution in [0.15, 0.2) is 22.7 Å². The Bertz CT molecular complexity index is 483. The van der Waals surface area contributed by atoms with E-state index in [0.717, 1.165) is 15.6 Å². The van der Waals surface area contributed by atoms with E-state index in [-0.39, 0.29) is 12.0 Å². The highest BCUT2D eigenvalue weighted by atomic mass is 79.9. The third-order valence-electron chi connectivity index (χ3n) is 2.81. The first kappa shape index (κ1) is 14.7. The summed E-state index contributed by atoms with van der Waals surface area (Å²) < 4.78 is 0.959. The Hall–Kier alpha value is -1.36. The quantitative estimate of drug-likeness (QED) is 0.841. The van der Waals surface area contributed by atoms with Gasteiger partial charge in [0.1, 0.15) is 0 Å². The SMILES string of the molecule is Cc1ccc(Br)cc1C(C)(C)CNC(=O)C(=O)O. The molecule has 0 saturated heterocycles. The molecular weight excluding hydrogens is 298 g/mol. The standard InChI is InChI=1S/C13H16BrNO3/c1-8-4-5-9(14)6-10(8)13(2,3)7-15-11(16)12(17)18/h4-6H,7H2,1-3H3,(H,15,16)(H,17,18). The molecule has 1 rings (SSSR count). The van der Waals surface area contributed by atoms with E-state index in [9.17, 15) is 9.59 Å². The lowest BCUT2D eigenvalue weighted by atomic mass is 9.82. The van der Waals surface area contributed by atoms with Gasteiger partial charge in [-0.25, -0.2) is 4.79 Å². The van der Waals surface area contributed by atoms with Crippen LogP contribution in [0, 0.1) is 6.92 Å². The smallest absolute Gasteiger partial charge is 0.394 e. The average molecular weight is 314 g/mol. The number of hydrogen-bond donors (Lipinski definition) is 2. The van der Waals surface area contributed by atoms with Crippen molar-refractivity contribution in [1.29, 1.82) is 0 Å². The Labute approximate surface area is 115 Å². The van der Waals surface area contributed by atoms with E-state index in [0.29, 0.717) is 0 Å². The highest BCUT2D eigenvalue weighted by molar-refractivity contribution is 9.10. The molecule has 0 heterocycles. The van der Waals surface area contributed by atoms with Crippen molar-refractivity contribution in [3.63, 3.8) is 0 Å². The first-order valence-electron chi connectivity index (χ1n) is 5.52. The number of carbonyl (C=O) groups excluding carboxylic acids is 1. The van der Waals surface area contributed by atoms with E-state index in [1.54, 1.807) is 0 Å². The van der Waals surface area contributed by atoms with Crippen LogP contribution in [-0.4, -0.2) is 23.5 Å². The highest BCUT2D eigenvalue weighted by Gasteiger charge is 2.24. The van der Waals surface area contributed by atoms with Gasteiger partial charge in [-0.15, -0.1) is 0 Å². The molecular formula is C13H16BrNO3. The van der Waals surface area contributed by atoms with Crippen LogP contribution in [0.1, 0.15) is 25.0 Å². The van der Waals surface area contributed by atoms with Crippen molar-refractivity contribution in [2.45, 2.75) is 26.2 Å². The highest BCUT2D eigenvalue weighted by Crippen LogP contribution is 2.28. The number of amides is 1. The molecule has 0 spiro atoms. The summed E-state index contributed by atoms with van der Waals surface area (Å²) in [7, 11) is 0. The second-order valence-corrected chi connectivity index (χ2v) is 5.75. The molecule has 0 aliphatic carbocycles. The molecule has 0 saturated carbocycles. The summed E-state index contributed by atoms with van der Waals surface area (Å²) in [5.74, 6) is -2.44. The topological polar surface area (TPSA) is 66.4 Å². The number of benzene rings is 1. The third-order valence-corrected chi connectivity index (χ3v) is 3.31. The Balaban J connectivity index is 2.89. The number of halogens is 1. The fourth-order valence-corrected chi connectivity index (χ4v) is 2.16. The van der Waals surface area contributed by atoms with Gasteiger partial charge in [0.2, 0.25) is 0 Å². The van der Waals surface area contributed by atoms with Crippen LogP contribution in [0.4, 0.5) is 0 Å². The Kier molecular flexibility index (Phi) is 4.51. The molecule has 2 N–H and O–H groups in total. The van der Waals surface area contributed by atoms with Gasteiger partial charge in [0.25, 0.3) is 0 Å². The average Bonchev–Trinajstić information content (AvgIpc) is 2.29. The van der Waals surface area contributed by atoms with E-state index < -0.39 is 11.9 Å². The number of aliphatic carboxylic acids is 1. The molecule has 98 valence electrons. The molecule has 1 amide bonds. The number of aryl methyl sites for hydroxylation is 1. The fraction of sp³-hybridized carbons (Fsp3) is 0.385. The Morgan fingerprint density at radius 2 is 2.00 bits per heavy atom. The van der Waals surface area contributed by atoms with Crippen molar-refractivity contribution in [1.82, 2.24) is 5.32 Å². The van der Waals surface area contributed by atoms with Crippen LogP contribution in [0.3, 0.4) is 0 Å². The van der Waals surface area contributed by atoms with Crippen molar-refractivity contribution in [2.24, 2.45) is 0 Å². The number of hydrogen-bond acceptors (Lipinski definition) is 2. The minimum atomic E-state index is -1.46. The maximum absolute atomic E-state index is 11.1. The van der Waals surface area contributed by atoms with E-state index in [1.807, 2.05) is 39.0 Å². The summed E-state index contributed by atoms with van der Waals surface area (Å²) in [5.41, 5.74) is 1.84. The number of rotatable bonds is 3. The normalized spacial score (nSPS) is 11.1. The number of carbonyl (C=O) groups is 2. The first-order chi connectivity index (χ1) is 8.24. The first-order valence-corrected chi connectivity index (χ1v) is 6.31. The molecule has 1 aromatic carbocycles. The minimum absolute atomic E-state index is 0.273. The lowest BCUT2D eigenvalue weighted by Crippen LogP contribution is -2.40. The summed E-state index contributed by atoms with van der Waals surface area (Å²) in [5, 5.41) is 10.9. The van der Waals surface area contributed by atoms with Gasteiger partial charge in [0, 0.05) is 16.4 Å². The molecule has 0 fully saturated rings. The van der Waals surface area contributed by atoms with E-state index in [1.165, 1.54) is 0 Å². The predicted octanol–water partition coefficient (Wildman–Crippen LogP) is 2.24. The molecule has 0 radical (unpaired) electrons. The number of carboxylic acid groups (broad SMARTS) is 1. The van der Waals surface area contributed by atoms with Crippen molar-refractivity contribution in [3.8, 4) is 0 Å². The molecule has 0 bridgehead atoms. The minimum Gasteiger partial charge on any atom is -0.474 e. The van der Waals surface area contributed by atoms with E-state index in [2.05, 4.69) is 21.2 Å². The second kappa shape index (κ2) is 5.52. The maximum atomic E-state index is 11.1. The molecule has 0 atom stereocenters. The van der Waals surface area contributed by atoms with Crippen molar-refractivity contribution < 1.29 is 14.7 Å². The molecule has 1 aromatic rings. The molecule has 4 nitrogen and oxygen atoms in total. The molecule has 0 aromatic heterocycles. The van der Waals surface area contributed by atoms with Crippen LogP contribution in [0.5, 0.6) is 0 Å². The van der Waals surface area contributed by atoms with Gasteiger partial charge in [-0.1, -0.05) is 35.8 Å². The largest absolute Gasteiger partial charge is 0.474 e. The summed E-state index contributed by atoms with van der Waals surface area (Å²) in [4.78, 5) is 21.5. The van der Waals surface area contributed by atoms with Crippen LogP contribution in [0.2, 0.25) is 0 Å². The van der Waals surface area contributed by atoms with E-state index in [4.69, 9.17) is 5.11 Å². The second-order valence-electron chi connectivity index (χ2n) is 4.83. The summed E-state index contributed by atoms with van der Waals surface area (Å²) >= 11 is 3.41. The zero-order valence-corrected chi connectivity index (χ0v) is 12.2. The lowest BCUT2D eigenvalue weighted by molar-refractivity contribution is -0.150. The number of nitrogens with one attached hydrogen (secondary N) is 1. The van der Waals surface area contributed by atoms with Gasteiger partial charge in [0.15, 0.2) is 0 Å². The van der Waals surface area contributed by atoms with Gasteiger partial charge in [-0.3, -0.25) is 4.79 Å². The van der Waals surface area contributed by atoms with Gasteiger partial charge in [0.05, 0.1) is 0 Å². The zero-order chi connectivity index (χ0) is 13.9. The third kappa shape index (κ3) is 3.57. The predicted molar refractivity (Wildman–Crippen MR) is 72.6 cm³/mol. The Morgan fingerprint density at radius 3 is 2.56 bits per heavy atom. The van der Waals surface area contributed by atoms with E-state index >= 15 is 0 Å². The fourth-order valence-electron chi connectivity index (χ4n) is 1.80. The molecule has 5 heteroatoms. The monoisotopic (exact) mass is 313 g/mol. The van der Waals surface area contributed by atoms with Gasteiger partial charge < -0.3 is 10.4 Å². The van der Waals surface area contributed by atoms with Crippen LogP contribution in [0.25, 0.3) is 0 Å². The van der Waals surface area contributed by atoms with Crippen LogP contribution >= 0.6 is 15.9 Å². The van der Waals surface area contributed by atoms with Gasteiger partial charge in [-0.05, 0) is 30.2 Å². The maximum Gasteiger partial charge on any atom is 0.394 e. The summed E-state index contributed by atoms with van der Waals surface area (Å²) in [6.07, 6.45) is 0. The molecule has 0 aliphatic heterocycles. The van der Waals surface area contributed by atoms with Crippen LogP contribution < -0.4 is 5.32 Å². The van der Waals surface area contributed by atoms with Gasteiger partial charge in [-0.2, -0.15) is 0 Å². The summed E-state index contributed by atoms with van der Waals surface area (Å²) in [6.45, 7) is 6.19. The van der Waals surface area contributed by atoms with Crippen molar-refractivity contribution >= 4 is 27.8 Å². The van der Waals surface area contributed by atoms with Crippen molar-refractivity contribution in [2.75, 3.05) is 6.54 Å². The van der Waals surface area contributed by atoms with Crippen LogP contribution in [-0.2, 0) is 15.0 Å². The van der Waals surface area contributed by atoms with Crippen molar-refractivity contribution in [3.05, 3.63) is 33.8 Å². The zero-order valence-electron chi connectivity index (χ0n) is 10.6. The molecule has 18 heavy (non-hydrogen) atoms.